The molecule has 0 spiro atoms. The van der Waals surface area contributed by atoms with E-state index in [0.29, 0.717) is 0 Å². The number of rotatable bonds is 4. The highest BCUT2D eigenvalue weighted by molar-refractivity contribution is 7.14. The highest BCUT2D eigenvalue weighted by Gasteiger charge is 2.25. The molecule has 28 heavy (non-hydrogen) atoms. The van der Waals surface area contributed by atoms with E-state index in [9.17, 15) is 0 Å². The first-order chi connectivity index (χ1) is 13.8. The second-order valence-electron chi connectivity index (χ2n) is 7.12. The van der Waals surface area contributed by atoms with E-state index in [1.807, 2.05) is 22.7 Å². The van der Waals surface area contributed by atoms with Gasteiger partial charge in [0.05, 0.1) is 14.2 Å². The van der Waals surface area contributed by atoms with Crippen LogP contribution >= 0.6 is 22.7 Å². The van der Waals surface area contributed by atoms with Gasteiger partial charge in [0.25, 0.3) is 0 Å². The Hall–Kier alpha value is -2.30. The van der Waals surface area contributed by atoms with Gasteiger partial charge in [-0.15, -0.1) is 22.7 Å². The summed E-state index contributed by atoms with van der Waals surface area (Å²) in [6, 6.07) is 13.1. The highest BCUT2D eigenvalue weighted by atomic mass is 32.1. The molecular weight excluding hydrogens is 384 g/mol. The zero-order valence-corrected chi connectivity index (χ0v) is 17.7. The molecule has 0 radical (unpaired) electrons. The molecule has 0 atom stereocenters. The van der Waals surface area contributed by atoms with Gasteiger partial charge in [-0.1, -0.05) is 12.1 Å². The minimum absolute atomic E-state index is 0.792. The number of fused-ring (bicyclic) bond motifs is 2. The lowest BCUT2D eigenvalue weighted by Crippen LogP contribution is -2.08. The predicted octanol–water partition coefficient (Wildman–Crippen LogP) is 7.19. The fourth-order valence-electron chi connectivity index (χ4n) is 4.48. The first kappa shape index (κ1) is 17.8. The first-order valence-corrected chi connectivity index (χ1v) is 11.4. The van der Waals surface area contributed by atoms with Crippen LogP contribution in [-0.2, 0) is 12.8 Å². The Morgan fingerprint density at radius 3 is 1.54 bits per heavy atom. The normalized spacial score (nSPS) is 13.5. The average Bonchev–Trinajstić information content (AvgIpc) is 3.45. The second kappa shape index (κ2) is 7.26. The molecule has 1 aliphatic rings. The van der Waals surface area contributed by atoms with E-state index in [-0.39, 0.29) is 0 Å². The maximum atomic E-state index is 5.67. The first-order valence-electron chi connectivity index (χ1n) is 9.63. The summed E-state index contributed by atoms with van der Waals surface area (Å²) in [5, 5.41) is 6.88. The van der Waals surface area contributed by atoms with Gasteiger partial charge >= 0.3 is 0 Å². The number of ether oxygens (including phenoxy) is 2. The van der Waals surface area contributed by atoms with Gasteiger partial charge in [0.2, 0.25) is 0 Å². The minimum atomic E-state index is 0.792. The number of hydrogen-bond donors (Lipinski definition) is 0. The fourth-order valence-corrected chi connectivity index (χ4v) is 6.10. The van der Waals surface area contributed by atoms with Crippen molar-refractivity contribution in [2.24, 2.45) is 0 Å². The molecule has 2 aromatic heterocycles. The lowest BCUT2D eigenvalue weighted by atomic mass is 9.80. The summed E-state index contributed by atoms with van der Waals surface area (Å²) in [7, 11) is 3.43. The van der Waals surface area contributed by atoms with Crippen molar-refractivity contribution in [2.45, 2.75) is 25.7 Å². The third kappa shape index (κ3) is 2.75. The molecule has 0 unspecified atom stereocenters. The van der Waals surface area contributed by atoms with Gasteiger partial charge in [0, 0.05) is 20.9 Å². The maximum absolute atomic E-state index is 5.67. The molecule has 0 saturated heterocycles. The smallest absolute Gasteiger partial charge is 0.161 e. The average molecular weight is 407 g/mol. The fraction of sp³-hybridized carbons (Fsp3) is 0.250. The summed E-state index contributed by atoms with van der Waals surface area (Å²) in [6.45, 7) is 0. The Kier molecular flexibility index (Phi) is 4.61. The van der Waals surface area contributed by atoms with Gasteiger partial charge in [0.1, 0.15) is 0 Å². The molecule has 2 aromatic carbocycles. The molecule has 142 valence electrons. The Morgan fingerprint density at radius 2 is 1.18 bits per heavy atom. The summed E-state index contributed by atoms with van der Waals surface area (Å²) in [4.78, 5) is 2.68. The van der Waals surface area contributed by atoms with Crippen molar-refractivity contribution >= 4 is 33.4 Å². The molecule has 5 rings (SSSR count). The summed E-state index contributed by atoms with van der Waals surface area (Å²) in [5.74, 6) is 1.58. The van der Waals surface area contributed by atoms with E-state index in [1.165, 1.54) is 55.6 Å². The molecule has 0 bridgehead atoms. The van der Waals surface area contributed by atoms with Crippen molar-refractivity contribution in [2.75, 3.05) is 14.2 Å². The van der Waals surface area contributed by atoms with E-state index in [4.69, 9.17) is 9.47 Å². The molecule has 0 saturated carbocycles. The minimum Gasteiger partial charge on any atom is -0.493 e. The SMILES string of the molecule is COc1cc2c(-c3cccs3)c3c(c(-c4cccs4)c2cc1OC)CCCC3. The third-order valence-corrected chi connectivity index (χ3v) is 7.44. The molecule has 4 heteroatoms. The third-order valence-electron chi connectivity index (χ3n) is 5.67. The van der Waals surface area contributed by atoms with E-state index in [1.54, 1.807) is 14.2 Å². The summed E-state index contributed by atoms with van der Waals surface area (Å²) >= 11 is 3.64. The molecule has 0 amide bonds. The molecule has 4 aromatic rings. The zero-order chi connectivity index (χ0) is 19.1. The lowest BCUT2D eigenvalue weighted by Gasteiger charge is -2.26. The van der Waals surface area contributed by atoms with Crippen LogP contribution in [0.1, 0.15) is 24.0 Å². The monoisotopic (exact) mass is 406 g/mol. The quantitative estimate of drug-likeness (QED) is 0.357. The molecular formula is C24H22O2S2. The standard InChI is InChI=1S/C24H22O2S2/c1-25-19-13-17-18(14-20(19)26-2)24(22-10-6-12-28-22)16-8-4-3-7-15(16)23(17)21-9-5-11-27-21/h5-6,9-14H,3-4,7-8H2,1-2H3. The van der Waals surface area contributed by atoms with Gasteiger partial charge in [0.15, 0.2) is 11.5 Å². The van der Waals surface area contributed by atoms with E-state index >= 15 is 0 Å². The predicted molar refractivity (Wildman–Crippen MR) is 120 cm³/mol. The molecule has 0 N–H and O–H groups in total. The van der Waals surface area contributed by atoms with Gasteiger partial charge < -0.3 is 9.47 Å². The van der Waals surface area contributed by atoms with Crippen LogP contribution in [0.2, 0.25) is 0 Å². The molecule has 1 aliphatic carbocycles. The van der Waals surface area contributed by atoms with E-state index < -0.39 is 0 Å². The van der Waals surface area contributed by atoms with Crippen molar-refractivity contribution in [3.05, 3.63) is 58.3 Å². The molecule has 0 aliphatic heterocycles. The summed E-state index contributed by atoms with van der Waals surface area (Å²) in [5.41, 5.74) is 5.83. The van der Waals surface area contributed by atoms with Crippen LogP contribution in [0.25, 0.3) is 31.7 Å². The molecule has 0 fully saturated rings. The van der Waals surface area contributed by atoms with Crippen LogP contribution in [0.5, 0.6) is 11.5 Å². The number of hydrogen-bond acceptors (Lipinski definition) is 4. The van der Waals surface area contributed by atoms with E-state index in [2.05, 4.69) is 47.2 Å². The number of benzene rings is 2. The van der Waals surface area contributed by atoms with Crippen LogP contribution in [0.15, 0.2) is 47.2 Å². The topological polar surface area (TPSA) is 18.5 Å². The summed E-state index contributed by atoms with van der Waals surface area (Å²) in [6.07, 6.45) is 4.80. The molecule has 2 heterocycles. The van der Waals surface area contributed by atoms with Crippen molar-refractivity contribution < 1.29 is 9.47 Å². The van der Waals surface area contributed by atoms with Gasteiger partial charge in [-0.3, -0.25) is 0 Å². The van der Waals surface area contributed by atoms with Crippen molar-refractivity contribution in [3.63, 3.8) is 0 Å². The van der Waals surface area contributed by atoms with Crippen LogP contribution in [0, 0.1) is 0 Å². The van der Waals surface area contributed by atoms with Crippen LogP contribution < -0.4 is 9.47 Å². The zero-order valence-electron chi connectivity index (χ0n) is 16.1. The van der Waals surface area contributed by atoms with Crippen molar-refractivity contribution in [1.29, 1.82) is 0 Å². The van der Waals surface area contributed by atoms with Crippen LogP contribution in [0.3, 0.4) is 0 Å². The Labute approximate surface area is 173 Å². The van der Waals surface area contributed by atoms with Gasteiger partial charge in [-0.2, -0.15) is 0 Å². The highest BCUT2D eigenvalue weighted by Crippen LogP contribution is 2.49. The van der Waals surface area contributed by atoms with Crippen LogP contribution in [0.4, 0.5) is 0 Å². The van der Waals surface area contributed by atoms with E-state index in [0.717, 1.165) is 24.3 Å². The Morgan fingerprint density at radius 1 is 0.714 bits per heavy atom. The Bertz CT molecular complexity index is 1040. The van der Waals surface area contributed by atoms with Crippen molar-refractivity contribution in [3.8, 4) is 32.4 Å². The second-order valence-corrected chi connectivity index (χ2v) is 9.02. The lowest BCUT2D eigenvalue weighted by molar-refractivity contribution is 0.356. The summed E-state index contributed by atoms with van der Waals surface area (Å²) < 4.78 is 11.3. The largest absolute Gasteiger partial charge is 0.493 e. The number of methoxy groups -OCH3 is 2. The molecule has 2 nitrogen and oxygen atoms in total. The van der Waals surface area contributed by atoms with Gasteiger partial charge in [-0.25, -0.2) is 0 Å². The number of thiophene rings is 2. The van der Waals surface area contributed by atoms with Gasteiger partial charge in [-0.05, 0) is 82.6 Å². The van der Waals surface area contributed by atoms with Crippen LogP contribution in [-0.4, -0.2) is 14.2 Å². The Balaban J connectivity index is 1.97. The van der Waals surface area contributed by atoms with Crippen molar-refractivity contribution in [1.82, 2.24) is 0 Å². The maximum Gasteiger partial charge on any atom is 0.161 e.